The maximum absolute atomic E-state index is 12.6. The molecule has 23 heavy (non-hydrogen) atoms. The zero-order chi connectivity index (χ0) is 16.2. The van der Waals surface area contributed by atoms with E-state index >= 15 is 0 Å². The van der Waals surface area contributed by atoms with Crippen molar-refractivity contribution in [3.63, 3.8) is 0 Å². The predicted octanol–water partition coefficient (Wildman–Crippen LogP) is 4.02. The molecule has 0 unspecified atom stereocenters. The first-order valence-electron chi connectivity index (χ1n) is 7.67. The molecule has 1 aliphatic heterocycles. The predicted molar refractivity (Wildman–Crippen MR) is 93.4 cm³/mol. The van der Waals surface area contributed by atoms with E-state index in [4.69, 9.17) is 4.74 Å². The van der Waals surface area contributed by atoms with Crippen LogP contribution >= 0.6 is 0 Å². The Balaban J connectivity index is 1.80. The van der Waals surface area contributed by atoms with E-state index in [-0.39, 0.29) is 6.03 Å². The smallest absolute Gasteiger partial charge is 0.326 e. The lowest BCUT2D eigenvalue weighted by Gasteiger charge is -2.19. The second-order valence-electron chi connectivity index (χ2n) is 5.49. The average molecular weight is 308 g/mol. The third-order valence-corrected chi connectivity index (χ3v) is 4.02. The zero-order valence-corrected chi connectivity index (χ0v) is 13.2. The van der Waals surface area contributed by atoms with Gasteiger partial charge in [-0.2, -0.15) is 0 Å². The third-order valence-electron chi connectivity index (χ3n) is 4.02. The van der Waals surface area contributed by atoms with Gasteiger partial charge in [-0.15, -0.1) is 6.58 Å². The van der Waals surface area contributed by atoms with E-state index in [2.05, 4.69) is 18.0 Å². The fourth-order valence-electron chi connectivity index (χ4n) is 2.86. The number of hydrogen-bond acceptors (Lipinski definition) is 2. The molecule has 0 bridgehead atoms. The number of hydrogen-bond donors (Lipinski definition) is 1. The lowest BCUT2D eigenvalue weighted by atomic mass is 10.1. The van der Waals surface area contributed by atoms with Crippen molar-refractivity contribution in [3.8, 4) is 5.75 Å². The Kier molecular flexibility index (Phi) is 4.33. The Morgan fingerprint density at radius 2 is 2.17 bits per heavy atom. The highest BCUT2D eigenvalue weighted by molar-refractivity contribution is 6.03. The lowest BCUT2D eigenvalue weighted by Crippen LogP contribution is -2.33. The minimum atomic E-state index is -0.135. The number of anilines is 2. The summed E-state index contributed by atoms with van der Waals surface area (Å²) in [6.45, 7) is 4.44. The number of methoxy groups -OCH3 is 1. The summed E-state index contributed by atoms with van der Waals surface area (Å²) in [5.74, 6) is 0.658. The fraction of sp³-hybridized carbons (Fsp3) is 0.211. The molecule has 0 saturated carbocycles. The van der Waals surface area contributed by atoms with Crippen LogP contribution in [0.5, 0.6) is 5.75 Å². The van der Waals surface area contributed by atoms with Crippen molar-refractivity contribution in [3.05, 3.63) is 66.2 Å². The van der Waals surface area contributed by atoms with Gasteiger partial charge in [-0.3, -0.25) is 4.90 Å². The molecule has 4 nitrogen and oxygen atoms in total. The second-order valence-corrected chi connectivity index (χ2v) is 5.49. The van der Waals surface area contributed by atoms with Gasteiger partial charge < -0.3 is 10.1 Å². The number of para-hydroxylation sites is 1. The molecular weight excluding hydrogens is 288 g/mol. The summed E-state index contributed by atoms with van der Waals surface area (Å²) >= 11 is 0. The van der Waals surface area contributed by atoms with Crippen LogP contribution in [0.4, 0.5) is 16.2 Å². The Bertz CT molecular complexity index is 740. The molecule has 0 atom stereocenters. The molecule has 1 aliphatic rings. The van der Waals surface area contributed by atoms with Crippen LogP contribution in [0.3, 0.4) is 0 Å². The van der Waals surface area contributed by atoms with E-state index < -0.39 is 0 Å². The number of allylic oxidation sites excluding steroid dienone is 1. The number of benzene rings is 2. The number of urea groups is 1. The third kappa shape index (κ3) is 3.06. The number of carbonyl (C=O) groups excluding carboxylic acids is 1. The zero-order valence-electron chi connectivity index (χ0n) is 13.2. The van der Waals surface area contributed by atoms with Crippen molar-refractivity contribution in [1.29, 1.82) is 0 Å². The minimum absolute atomic E-state index is 0.135. The summed E-state index contributed by atoms with van der Waals surface area (Å²) < 4.78 is 5.40. The monoisotopic (exact) mass is 308 g/mol. The number of ether oxygens (including phenoxy) is 1. The number of amides is 2. The molecule has 0 radical (unpaired) electrons. The molecule has 1 N–H and O–H groups in total. The van der Waals surface area contributed by atoms with Crippen molar-refractivity contribution in [2.45, 2.75) is 12.8 Å². The summed E-state index contributed by atoms with van der Waals surface area (Å²) in [5, 5.41) is 2.95. The Hall–Kier alpha value is -2.75. The van der Waals surface area contributed by atoms with Crippen LogP contribution in [0.1, 0.15) is 11.1 Å². The maximum Gasteiger partial charge on any atom is 0.326 e. The quantitative estimate of drug-likeness (QED) is 0.867. The molecular formula is C19H20N2O2. The molecule has 3 rings (SSSR count). The second kappa shape index (κ2) is 6.57. The van der Waals surface area contributed by atoms with Gasteiger partial charge in [0.15, 0.2) is 0 Å². The van der Waals surface area contributed by atoms with E-state index in [0.29, 0.717) is 18.0 Å². The number of nitrogens with zero attached hydrogens (tertiary/aromatic N) is 1. The molecule has 2 aromatic rings. The van der Waals surface area contributed by atoms with Crippen LogP contribution < -0.4 is 15.0 Å². The summed E-state index contributed by atoms with van der Waals surface area (Å²) in [7, 11) is 1.60. The van der Waals surface area contributed by atoms with Gasteiger partial charge in [0.25, 0.3) is 0 Å². The largest absolute Gasteiger partial charge is 0.495 e. The van der Waals surface area contributed by atoms with E-state index in [1.165, 1.54) is 5.56 Å². The standard InChI is InChI=1S/C19H20N2O2/c1-3-6-14-9-10-16(18(13-14)23-2)20-19(22)21-12-11-15-7-4-5-8-17(15)21/h3-5,7-10,13H,1,6,11-12H2,2H3,(H,20,22). The van der Waals surface area contributed by atoms with Crippen molar-refractivity contribution >= 4 is 17.4 Å². The van der Waals surface area contributed by atoms with E-state index in [0.717, 1.165) is 24.1 Å². The van der Waals surface area contributed by atoms with Crippen LogP contribution in [-0.4, -0.2) is 19.7 Å². The number of carbonyl (C=O) groups is 1. The summed E-state index contributed by atoms with van der Waals surface area (Å²) in [6, 6.07) is 13.6. The molecule has 118 valence electrons. The van der Waals surface area contributed by atoms with Crippen LogP contribution in [-0.2, 0) is 12.8 Å². The fourth-order valence-corrected chi connectivity index (χ4v) is 2.86. The van der Waals surface area contributed by atoms with Crippen molar-refractivity contribution in [2.24, 2.45) is 0 Å². The van der Waals surface area contributed by atoms with Gasteiger partial charge in [0, 0.05) is 12.2 Å². The normalized spacial score (nSPS) is 12.7. The number of nitrogens with one attached hydrogen (secondary N) is 1. The maximum atomic E-state index is 12.6. The first-order chi connectivity index (χ1) is 11.2. The first kappa shape index (κ1) is 15.2. The van der Waals surface area contributed by atoms with Gasteiger partial charge in [-0.25, -0.2) is 4.79 Å². The molecule has 2 aromatic carbocycles. The molecule has 0 aromatic heterocycles. The lowest BCUT2D eigenvalue weighted by molar-refractivity contribution is 0.257. The Morgan fingerprint density at radius 3 is 2.96 bits per heavy atom. The van der Waals surface area contributed by atoms with E-state index in [9.17, 15) is 4.79 Å². The summed E-state index contributed by atoms with van der Waals surface area (Å²) in [6.07, 6.45) is 3.50. The van der Waals surface area contributed by atoms with Crippen LogP contribution in [0, 0.1) is 0 Å². The highest BCUT2D eigenvalue weighted by Crippen LogP contribution is 2.30. The van der Waals surface area contributed by atoms with Gasteiger partial charge in [0.2, 0.25) is 0 Å². The minimum Gasteiger partial charge on any atom is -0.495 e. The van der Waals surface area contributed by atoms with Crippen molar-refractivity contribution < 1.29 is 9.53 Å². The van der Waals surface area contributed by atoms with Gasteiger partial charge in [-0.05, 0) is 42.2 Å². The van der Waals surface area contributed by atoms with Crippen LogP contribution in [0.2, 0.25) is 0 Å². The Labute approximate surface area is 136 Å². The number of rotatable bonds is 4. The van der Waals surface area contributed by atoms with E-state index in [1.807, 2.05) is 42.5 Å². The number of fused-ring (bicyclic) bond motifs is 1. The van der Waals surface area contributed by atoms with Crippen molar-refractivity contribution in [2.75, 3.05) is 23.9 Å². The molecule has 2 amide bonds. The molecule has 0 fully saturated rings. The van der Waals surface area contributed by atoms with Crippen LogP contribution in [0.15, 0.2) is 55.1 Å². The SMILES string of the molecule is C=CCc1ccc(NC(=O)N2CCc3ccccc32)c(OC)c1. The van der Waals surface area contributed by atoms with Gasteiger partial charge >= 0.3 is 6.03 Å². The highest BCUT2D eigenvalue weighted by atomic mass is 16.5. The average Bonchev–Trinajstić information content (AvgIpc) is 3.00. The molecule has 0 spiro atoms. The molecule has 1 heterocycles. The summed E-state index contributed by atoms with van der Waals surface area (Å²) in [4.78, 5) is 14.4. The molecule has 0 aliphatic carbocycles. The molecule has 4 heteroatoms. The topological polar surface area (TPSA) is 41.6 Å². The van der Waals surface area contributed by atoms with Crippen molar-refractivity contribution in [1.82, 2.24) is 0 Å². The van der Waals surface area contributed by atoms with E-state index in [1.54, 1.807) is 12.0 Å². The highest BCUT2D eigenvalue weighted by Gasteiger charge is 2.24. The van der Waals surface area contributed by atoms with Crippen LogP contribution in [0.25, 0.3) is 0 Å². The van der Waals surface area contributed by atoms with Gasteiger partial charge in [-0.1, -0.05) is 30.3 Å². The summed E-state index contributed by atoms with van der Waals surface area (Å²) in [5.41, 5.74) is 3.96. The van der Waals surface area contributed by atoms with Gasteiger partial charge in [0.05, 0.1) is 12.8 Å². The first-order valence-corrected chi connectivity index (χ1v) is 7.67. The molecule has 0 saturated heterocycles. The van der Waals surface area contributed by atoms with Gasteiger partial charge in [0.1, 0.15) is 5.75 Å². The Morgan fingerprint density at radius 1 is 1.35 bits per heavy atom.